The molecule has 0 radical (unpaired) electrons. The Morgan fingerprint density at radius 2 is 1.83 bits per heavy atom. The first-order valence-corrected chi connectivity index (χ1v) is 7.50. The number of carbonyl (C=O) groups is 1. The van der Waals surface area contributed by atoms with Gasteiger partial charge in [0.1, 0.15) is 12.4 Å². The Kier molecular flexibility index (Phi) is 6.44. The number of anilines is 1. The number of urea groups is 1. The Balaban J connectivity index is 1.74. The minimum atomic E-state index is -0.263. The van der Waals surface area contributed by atoms with E-state index in [0.717, 1.165) is 17.0 Å². The van der Waals surface area contributed by atoms with Crippen LogP contribution in [0.4, 0.5) is 10.5 Å². The Hall–Kier alpha value is -2.53. The molecule has 2 amide bonds. The third-order valence-electron chi connectivity index (χ3n) is 3.24. The fraction of sp³-hybridized carbons (Fsp3) is 0.278. The van der Waals surface area contributed by atoms with Gasteiger partial charge in [-0.2, -0.15) is 0 Å². The predicted octanol–water partition coefficient (Wildman–Crippen LogP) is 3.34. The molecule has 0 saturated heterocycles. The number of aryl methyl sites for hydroxylation is 1. The second-order valence-electron chi connectivity index (χ2n) is 5.13. The van der Waals surface area contributed by atoms with Crippen molar-refractivity contribution in [3.05, 3.63) is 59.7 Å². The van der Waals surface area contributed by atoms with Crippen molar-refractivity contribution in [2.75, 3.05) is 25.6 Å². The van der Waals surface area contributed by atoms with Crippen molar-refractivity contribution in [2.45, 2.75) is 13.5 Å². The molecule has 0 aliphatic rings. The molecule has 0 heterocycles. The predicted molar refractivity (Wildman–Crippen MR) is 90.9 cm³/mol. The molecular weight excluding hydrogens is 292 g/mol. The second kappa shape index (κ2) is 8.80. The van der Waals surface area contributed by atoms with Gasteiger partial charge in [-0.1, -0.05) is 35.9 Å². The summed E-state index contributed by atoms with van der Waals surface area (Å²) in [7, 11) is 1.62. The third kappa shape index (κ3) is 5.64. The summed E-state index contributed by atoms with van der Waals surface area (Å²) in [4.78, 5) is 11.9. The maximum absolute atomic E-state index is 11.9. The monoisotopic (exact) mass is 314 g/mol. The Labute approximate surface area is 136 Å². The number of para-hydroxylation sites is 1. The smallest absolute Gasteiger partial charge is 0.319 e. The van der Waals surface area contributed by atoms with Crippen LogP contribution in [0.1, 0.15) is 11.1 Å². The average molecular weight is 314 g/mol. The zero-order chi connectivity index (χ0) is 16.5. The van der Waals surface area contributed by atoms with Crippen LogP contribution in [0.2, 0.25) is 0 Å². The fourth-order valence-corrected chi connectivity index (χ4v) is 2.06. The minimum Gasteiger partial charge on any atom is -0.492 e. The molecule has 5 heteroatoms. The van der Waals surface area contributed by atoms with Gasteiger partial charge >= 0.3 is 6.03 Å². The van der Waals surface area contributed by atoms with Crippen LogP contribution in [-0.2, 0) is 11.3 Å². The van der Waals surface area contributed by atoms with Crippen LogP contribution in [0.3, 0.4) is 0 Å². The lowest BCUT2D eigenvalue weighted by Gasteiger charge is -2.12. The Morgan fingerprint density at radius 1 is 1.09 bits per heavy atom. The summed E-state index contributed by atoms with van der Waals surface area (Å²) in [5.41, 5.74) is 2.86. The van der Waals surface area contributed by atoms with Gasteiger partial charge in [0.15, 0.2) is 0 Å². The van der Waals surface area contributed by atoms with E-state index in [1.54, 1.807) is 7.11 Å². The van der Waals surface area contributed by atoms with Gasteiger partial charge < -0.3 is 20.1 Å². The van der Waals surface area contributed by atoms with Crippen LogP contribution in [0, 0.1) is 6.92 Å². The van der Waals surface area contributed by atoms with E-state index in [9.17, 15) is 4.79 Å². The zero-order valence-electron chi connectivity index (χ0n) is 13.5. The minimum absolute atomic E-state index is 0.263. The van der Waals surface area contributed by atoms with E-state index in [1.165, 1.54) is 5.56 Å². The van der Waals surface area contributed by atoms with Crippen LogP contribution < -0.4 is 15.4 Å². The molecule has 2 N–H and O–H groups in total. The summed E-state index contributed by atoms with van der Waals surface area (Å²) < 4.78 is 10.7. The molecule has 0 aliphatic carbocycles. The lowest BCUT2D eigenvalue weighted by molar-refractivity contribution is 0.185. The first kappa shape index (κ1) is 16.8. The molecule has 5 nitrogen and oxygen atoms in total. The summed E-state index contributed by atoms with van der Waals surface area (Å²) in [6.07, 6.45) is 0. The number of amides is 2. The fourth-order valence-electron chi connectivity index (χ4n) is 2.06. The van der Waals surface area contributed by atoms with Crippen molar-refractivity contribution in [3.8, 4) is 5.75 Å². The molecule has 0 spiro atoms. The molecule has 122 valence electrons. The molecule has 0 saturated carbocycles. The van der Waals surface area contributed by atoms with E-state index < -0.39 is 0 Å². The highest BCUT2D eigenvalue weighted by Crippen LogP contribution is 2.15. The quantitative estimate of drug-likeness (QED) is 0.771. The van der Waals surface area contributed by atoms with Crippen LogP contribution >= 0.6 is 0 Å². The zero-order valence-corrected chi connectivity index (χ0v) is 13.5. The van der Waals surface area contributed by atoms with Gasteiger partial charge in [-0.05, 0) is 25.1 Å². The van der Waals surface area contributed by atoms with Gasteiger partial charge in [-0.15, -0.1) is 0 Å². The number of hydrogen-bond donors (Lipinski definition) is 2. The SMILES string of the molecule is COCc1ccccc1NC(=O)NCCOc1ccc(C)cc1. The molecule has 0 bridgehead atoms. The van der Waals surface area contributed by atoms with Crippen LogP contribution in [-0.4, -0.2) is 26.3 Å². The average Bonchev–Trinajstić information content (AvgIpc) is 2.55. The van der Waals surface area contributed by atoms with Gasteiger partial charge in [-0.25, -0.2) is 4.79 Å². The van der Waals surface area contributed by atoms with Crippen molar-refractivity contribution in [1.29, 1.82) is 0 Å². The highest BCUT2D eigenvalue weighted by molar-refractivity contribution is 5.90. The molecule has 23 heavy (non-hydrogen) atoms. The number of hydrogen-bond acceptors (Lipinski definition) is 3. The van der Waals surface area contributed by atoms with Gasteiger partial charge in [0.25, 0.3) is 0 Å². The van der Waals surface area contributed by atoms with Crippen LogP contribution in [0.25, 0.3) is 0 Å². The first-order valence-electron chi connectivity index (χ1n) is 7.50. The lowest BCUT2D eigenvalue weighted by atomic mass is 10.2. The molecule has 0 fully saturated rings. The van der Waals surface area contributed by atoms with E-state index in [-0.39, 0.29) is 6.03 Å². The molecular formula is C18H22N2O3. The summed E-state index contributed by atoms with van der Waals surface area (Å²) in [6.45, 7) is 3.31. The van der Waals surface area contributed by atoms with Crippen LogP contribution in [0.15, 0.2) is 48.5 Å². The summed E-state index contributed by atoms with van der Waals surface area (Å²) >= 11 is 0. The lowest BCUT2D eigenvalue weighted by Crippen LogP contribution is -2.32. The van der Waals surface area contributed by atoms with Gasteiger partial charge in [0.2, 0.25) is 0 Å². The Bertz CT molecular complexity index is 626. The van der Waals surface area contributed by atoms with E-state index in [0.29, 0.717) is 19.8 Å². The highest BCUT2D eigenvalue weighted by Gasteiger charge is 2.05. The maximum Gasteiger partial charge on any atom is 0.319 e. The maximum atomic E-state index is 11.9. The third-order valence-corrected chi connectivity index (χ3v) is 3.24. The van der Waals surface area contributed by atoms with Gasteiger partial charge in [-0.3, -0.25) is 0 Å². The van der Waals surface area contributed by atoms with Gasteiger partial charge in [0, 0.05) is 18.4 Å². The number of ether oxygens (including phenoxy) is 2. The standard InChI is InChI=1S/C18H22N2O3/c1-14-7-9-16(10-8-14)23-12-11-19-18(21)20-17-6-4-3-5-15(17)13-22-2/h3-10H,11-13H2,1-2H3,(H2,19,20,21). The van der Waals surface area contributed by atoms with Crippen molar-refractivity contribution >= 4 is 11.7 Å². The molecule has 2 rings (SSSR count). The van der Waals surface area contributed by atoms with Gasteiger partial charge in [0.05, 0.1) is 13.2 Å². The molecule has 0 aliphatic heterocycles. The second-order valence-corrected chi connectivity index (χ2v) is 5.13. The molecule has 2 aromatic rings. The molecule has 0 unspecified atom stereocenters. The number of rotatable bonds is 7. The topological polar surface area (TPSA) is 59.6 Å². The largest absolute Gasteiger partial charge is 0.492 e. The van der Waals surface area contributed by atoms with E-state index in [4.69, 9.17) is 9.47 Å². The Morgan fingerprint density at radius 3 is 2.57 bits per heavy atom. The molecule has 0 atom stereocenters. The normalized spacial score (nSPS) is 10.2. The number of nitrogens with one attached hydrogen (secondary N) is 2. The summed E-state index contributed by atoms with van der Waals surface area (Å²) in [6, 6.07) is 15.1. The summed E-state index contributed by atoms with van der Waals surface area (Å²) in [5.74, 6) is 0.795. The van der Waals surface area contributed by atoms with Crippen LogP contribution in [0.5, 0.6) is 5.75 Å². The number of carbonyl (C=O) groups excluding carboxylic acids is 1. The number of benzene rings is 2. The number of methoxy groups -OCH3 is 1. The van der Waals surface area contributed by atoms with E-state index >= 15 is 0 Å². The first-order chi connectivity index (χ1) is 11.2. The highest BCUT2D eigenvalue weighted by atomic mass is 16.5. The van der Waals surface area contributed by atoms with Crippen molar-refractivity contribution < 1.29 is 14.3 Å². The molecule has 0 aromatic heterocycles. The summed E-state index contributed by atoms with van der Waals surface area (Å²) in [5, 5.41) is 5.58. The molecule has 2 aromatic carbocycles. The van der Waals surface area contributed by atoms with Crippen molar-refractivity contribution in [3.63, 3.8) is 0 Å². The van der Waals surface area contributed by atoms with Crippen molar-refractivity contribution in [2.24, 2.45) is 0 Å². The van der Waals surface area contributed by atoms with E-state index in [1.807, 2.05) is 55.5 Å². The van der Waals surface area contributed by atoms with E-state index in [2.05, 4.69) is 10.6 Å². The van der Waals surface area contributed by atoms with Crippen molar-refractivity contribution in [1.82, 2.24) is 5.32 Å².